The molecule has 0 aliphatic carbocycles. The SMILES string of the molecule is NCc1nc(CN2CCN(c3ccc(F)cc3)CC2)no1. The van der Waals surface area contributed by atoms with E-state index in [1.807, 2.05) is 12.1 Å². The van der Waals surface area contributed by atoms with Crippen LogP contribution in [-0.2, 0) is 13.1 Å². The summed E-state index contributed by atoms with van der Waals surface area (Å²) in [5.41, 5.74) is 6.50. The number of rotatable bonds is 4. The van der Waals surface area contributed by atoms with Gasteiger partial charge in [-0.25, -0.2) is 4.39 Å². The van der Waals surface area contributed by atoms with Gasteiger partial charge in [-0.2, -0.15) is 4.98 Å². The minimum absolute atomic E-state index is 0.204. The number of hydrogen-bond donors (Lipinski definition) is 1. The molecule has 1 fully saturated rings. The van der Waals surface area contributed by atoms with Gasteiger partial charge in [-0.1, -0.05) is 5.16 Å². The molecule has 0 radical (unpaired) electrons. The largest absolute Gasteiger partial charge is 0.369 e. The number of nitrogens with zero attached hydrogens (tertiary/aromatic N) is 4. The van der Waals surface area contributed by atoms with Gasteiger partial charge in [-0.15, -0.1) is 0 Å². The van der Waals surface area contributed by atoms with E-state index in [0.29, 0.717) is 18.3 Å². The van der Waals surface area contributed by atoms with Crippen LogP contribution >= 0.6 is 0 Å². The van der Waals surface area contributed by atoms with Crippen molar-refractivity contribution in [2.75, 3.05) is 31.1 Å². The topological polar surface area (TPSA) is 71.4 Å². The molecule has 0 atom stereocenters. The van der Waals surface area contributed by atoms with Gasteiger partial charge >= 0.3 is 0 Å². The van der Waals surface area contributed by atoms with E-state index in [0.717, 1.165) is 31.9 Å². The highest BCUT2D eigenvalue weighted by molar-refractivity contribution is 5.46. The predicted octanol–water partition coefficient (Wildman–Crippen LogP) is 0.990. The van der Waals surface area contributed by atoms with Gasteiger partial charge in [0, 0.05) is 31.9 Å². The first-order valence-corrected chi connectivity index (χ1v) is 6.99. The highest BCUT2D eigenvalue weighted by Crippen LogP contribution is 2.17. The average molecular weight is 291 g/mol. The van der Waals surface area contributed by atoms with E-state index in [4.69, 9.17) is 10.3 Å². The zero-order valence-corrected chi connectivity index (χ0v) is 11.7. The lowest BCUT2D eigenvalue weighted by molar-refractivity contribution is 0.240. The van der Waals surface area contributed by atoms with Crippen LogP contribution in [0.4, 0.5) is 10.1 Å². The summed E-state index contributed by atoms with van der Waals surface area (Å²) < 4.78 is 17.9. The lowest BCUT2D eigenvalue weighted by Gasteiger charge is -2.35. The molecule has 1 aromatic carbocycles. The molecule has 2 aromatic rings. The Morgan fingerprint density at radius 1 is 1.14 bits per heavy atom. The van der Waals surface area contributed by atoms with Crippen molar-refractivity contribution in [3.8, 4) is 0 Å². The fourth-order valence-electron chi connectivity index (χ4n) is 2.45. The van der Waals surface area contributed by atoms with E-state index >= 15 is 0 Å². The highest BCUT2D eigenvalue weighted by atomic mass is 19.1. The van der Waals surface area contributed by atoms with Gasteiger partial charge < -0.3 is 15.2 Å². The molecule has 2 heterocycles. The summed E-state index contributed by atoms with van der Waals surface area (Å²) in [6.45, 7) is 4.54. The second-order valence-electron chi connectivity index (χ2n) is 5.05. The molecule has 1 aromatic heterocycles. The third kappa shape index (κ3) is 3.37. The molecule has 0 spiro atoms. The zero-order chi connectivity index (χ0) is 14.7. The number of benzene rings is 1. The van der Waals surface area contributed by atoms with Crippen LogP contribution in [0.25, 0.3) is 0 Å². The van der Waals surface area contributed by atoms with Crippen molar-refractivity contribution in [2.24, 2.45) is 5.73 Å². The minimum atomic E-state index is -0.204. The second-order valence-corrected chi connectivity index (χ2v) is 5.05. The monoisotopic (exact) mass is 291 g/mol. The van der Waals surface area contributed by atoms with Crippen molar-refractivity contribution in [1.29, 1.82) is 0 Å². The van der Waals surface area contributed by atoms with E-state index in [9.17, 15) is 4.39 Å². The second kappa shape index (κ2) is 6.19. The maximum Gasteiger partial charge on any atom is 0.240 e. The van der Waals surface area contributed by atoms with E-state index in [1.54, 1.807) is 0 Å². The Labute approximate surface area is 122 Å². The maximum atomic E-state index is 12.9. The van der Waals surface area contributed by atoms with E-state index in [-0.39, 0.29) is 12.4 Å². The van der Waals surface area contributed by atoms with Crippen LogP contribution in [-0.4, -0.2) is 41.2 Å². The van der Waals surface area contributed by atoms with Gasteiger partial charge in [-0.05, 0) is 24.3 Å². The molecule has 0 unspecified atom stereocenters. The summed E-state index contributed by atoms with van der Waals surface area (Å²) in [7, 11) is 0. The third-order valence-corrected chi connectivity index (χ3v) is 3.61. The zero-order valence-electron chi connectivity index (χ0n) is 11.7. The average Bonchev–Trinajstić information content (AvgIpc) is 2.97. The molecule has 112 valence electrons. The van der Waals surface area contributed by atoms with Gasteiger partial charge in [0.1, 0.15) is 5.82 Å². The number of anilines is 1. The summed E-state index contributed by atoms with van der Waals surface area (Å²) in [5, 5.41) is 3.90. The van der Waals surface area contributed by atoms with Crippen LogP contribution in [0, 0.1) is 5.82 Å². The molecule has 6 nitrogen and oxygen atoms in total. The molecule has 0 bridgehead atoms. The number of hydrogen-bond acceptors (Lipinski definition) is 6. The Balaban J connectivity index is 1.54. The number of aromatic nitrogens is 2. The van der Waals surface area contributed by atoms with Crippen molar-refractivity contribution in [3.05, 3.63) is 41.8 Å². The van der Waals surface area contributed by atoms with Crippen LogP contribution in [0.2, 0.25) is 0 Å². The number of piperazine rings is 1. The Hall–Kier alpha value is -1.99. The van der Waals surface area contributed by atoms with Crippen molar-refractivity contribution >= 4 is 5.69 Å². The first kappa shape index (κ1) is 14.0. The first-order valence-electron chi connectivity index (χ1n) is 6.99. The Bertz CT molecular complexity index is 577. The molecule has 1 aliphatic heterocycles. The first-order chi connectivity index (χ1) is 10.2. The normalized spacial score (nSPS) is 16.4. The van der Waals surface area contributed by atoms with Crippen molar-refractivity contribution in [3.63, 3.8) is 0 Å². The summed E-state index contributed by atoms with van der Waals surface area (Å²) in [6.07, 6.45) is 0. The fourth-order valence-corrected chi connectivity index (χ4v) is 2.45. The Morgan fingerprint density at radius 3 is 2.48 bits per heavy atom. The summed E-state index contributed by atoms with van der Waals surface area (Å²) in [6, 6.07) is 6.63. The quantitative estimate of drug-likeness (QED) is 0.906. The molecule has 1 aliphatic rings. The van der Waals surface area contributed by atoms with E-state index in [2.05, 4.69) is 19.9 Å². The third-order valence-electron chi connectivity index (χ3n) is 3.61. The molecule has 21 heavy (non-hydrogen) atoms. The maximum absolute atomic E-state index is 12.9. The highest BCUT2D eigenvalue weighted by Gasteiger charge is 2.19. The van der Waals surface area contributed by atoms with Crippen LogP contribution in [0.5, 0.6) is 0 Å². The minimum Gasteiger partial charge on any atom is -0.369 e. The van der Waals surface area contributed by atoms with Gasteiger partial charge in [-0.3, -0.25) is 4.90 Å². The fraction of sp³-hybridized carbons (Fsp3) is 0.429. The molecule has 0 saturated carbocycles. The standard InChI is InChI=1S/C14H18FN5O/c15-11-1-3-12(4-2-11)20-7-5-19(6-8-20)10-13-17-14(9-16)21-18-13/h1-4H,5-10,16H2. The van der Waals surface area contributed by atoms with E-state index in [1.165, 1.54) is 12.1 Å². The van der Waals surface area contributed by atoms with Crippen LogP contribution in [0.15, 0.2) is 28.8 Å². The summed E-state index contributed by atoms with van der Waals surface area (Å²) >= 11 is 0. The predicted molar refractivity (Wildman–Crippen MR) is 76.1 cm³/mol. The van der Waals surface area contributed by atoms with Crippen molar-refractivity contribution in [1.82, 2.24) is 15.0 Å². The smallest absolute Gasteiger partial charge is 0.240 e. The number of halogens is 1. The van der Waals surface area contributed by atoms with E-state index < -0.39 is 0 Å². The van der Waals surface area contributed by atoms with Crippen molar-refractivity contribution in [2.45, 2.75) is 13.1 Å². The molecule has 1 saturated heterocycles. The van der Waals surface area contributed by atoms with Crippen molar-refractivity contribution < 1.29 is 8.91 Å². The summed E-state index contributed by atoms with van der Waals surface area (Å²) in [5.74, 6) is 0.936. The Kier molecular flexibility index (Phi) is 4.12. The molecule has 2 N–H and O–H groups in total. The van der Waals surface area contributed by atoms with Gasteiger partial charge in [0.25, 0.3) is 0 Å². The van der Waals surface area contributed by atoms with Gasteiger partial charge in [0.2, 0.25) is 5.89 Å². The molecular weight excluding hydrogens is 273 g/mol. The summed E-state index contributed by atoms with van der Waals surface area (Å²) in [4.78, 5) is 8.73. The van der Waals surface area contributed by atoms with Crippen LogP contribution < -0.4 is 10.6 Å². The molecule has 0 amide bonds. The van der Waals surface area contributed by atoms with Gasteiger partial charge in [0.15, 0.2) is 5.82 Å². The molecule has 3 rings (SSSR count). The molecular formula is C14H18FN5O. The number of nitrogens with two attached hydrogens (primary N) is 1. The lowest BCUT2D eigenvalue weighted by atomic mass is 10.2. The molecule has 7 heteroatoms. The lowest BCUT2D eigenvalue weighted by Crippen LogP contribution is -2.46. The van der Waals surface area contributed by atoms with Gasteiger partial charge in [0.05, 0.1) is 13.1 Å². The van der Waals surface area contributed by atoms with Crippen LogP contribution in [0.3, 0.4) is 0 Å². The van der Waals surface area contributed by atoms with Crippen LogP contribution in [0.1, 0.15) is 11.7 Å². The Morgan fingerprint density at radius 2 is 1.86 bits per heavy atom.